The van der Waals surface area contributed by atoms with Crippen LogP contribution in [-0.4, -0.2) is 22.6 Å². The summed E-state index contributed by atoms with van der Waals surface area (Å²) in [5, 5.41) is 6.86. The molecule has 19 heavy (non-hydrogen) atoms. The lowest BCUT2D eigenvalue weighted by Crippen LogP contribution is -2.26. The van der Waals surface area contributed by atoms with Gasteiger partial charge in [0.1, 0.15) is 17.5 Å². The van der Waals surface area contributed by atoms with Gasteiger partial charge >= 0.3 is 0 Å². The fraction of sp³-hybridized carbons (Fsp3) is 0.733. The van der Waals surface area contributed by atoms with Gasteiger partial charge in [-0.05, 0) is 38.5 Å². The zero-order valence-electron chi connectivity index (χ0n) is 12.4. The summed E-state index contributed by atoms with van der Waals surface area (Å²) in [4.78, 5) is 9.07. The second-order valence-corrected chi connectivity index (χ2v) is 5.54. The quantitative estimate of drug-likeness (QED) is 0.853. The van der Waals surface area contributed by atoms with Gasteiger partial charge in [0.25, 0.3) is 0 Å². The summed E-state index contributed by atoms with van der Waals surface area (Å²) < 4.78 is 0. The molecular formula is C15H26N4. The van der Waals surface area contributed by atoms with Gasteiger partial charge in [0.15, 0.2) is 0 Å². The van der Waals surface area contributed by atoms with Crippen molar-refractivity contribution in [3.63, 3.8) is 0 Å². The van der Waals surface area contributed by atoms with Crippen LogP contribution in [-0.2, 0) is 6.42 Å². The summed E-state index contributed by atoms with van der Waals surface area (Å²) in [5.41, 5.74) is 0. The molecule has 4 heteroatoms. The predicted molar refractivity (Wildman–Crippen MR) is 80.6 cm³/mol. The molecule has 1 aromatic rings. The Hall–Kier alpha value is -1.32. The third-order valence-electron chi connectivity index (χ3n) is 3.81. The normalized spacial score (nSPS) is 23.1. The van der Waals surface area contributed by atoms with E-state index in [2.05, 4.69) is 41.4 Å². The molecule has 2 rings (SSSR count). The average Bonchev–Trinajstić information content (AvgIpc) is 2.41. The van der Waals surface area contributed by atoms with Crippen LogP contribution < -0.4 is 10.6 Å². The van der Waals surface area contributed by atoms with Crippen molar-refractivity contribution in [1.29, 1.82) is 0 Å². The van der Waals surface area contributed by atoms with Crippen LogP contribution in [0.1, 0.15) is 52.3 Å². The number of hydrogen-bond acceptors (Lipinski definition) is 4. The van der Waals surface area contributed by atoms with Crippen molar-refractivity contribution in [1.82, 2.24) is 9.97 Å². The Bertz CT molecular complexity index is 397. The van der Waals surface area contributed by atoms with Crippen molar-refractivity contribution in [3.05, 3.63) is 11.9 Å². The van der Waals surface area contributed by atoms with Crippen molar-refractivity contribution in [2.45, 2.75) is 58.9 Å². The summed E-state index contributed by atoms with van der Waals surface area (Å²) in [6, 6.07) is 2.60. The minimum absolute atomic E-state index is 0.574. The molecule has 1 aromatic heterocycles. The number of aromatic nitrogens is 2. The molecule has 2 N–H and O–H groups in total. The van der Waals surface area contributed by atoms with E-state index in [-0.39, 0.29) is 0 Å². The Morgan fingerprint density at radius 1 is 1.11 bits per heavy atom. The molecule has 1 heterocycles. The van der Waals surface area contributed by atoms with E-state index in [1.165, 1.54) is 25.7 Å². The molecule has 1 saturated carbocycles. The number of hydrogen-bond donors (Lipinski definition) is 2. The highest BCUT2D eigenvalue weighted by molar-refractivity contribution is 5.48. The number of rotatable bonds is 5. The van der Waals surface area contributed by atoms with E-state index in [4.69, 9.17) is 0 Å². The molecule has 0 spiro atoms. The van der Waals surface area contributed by atoms with Crippen LogP contribution >= 0.6 is 0 Å². The van der Waals surface area contributed by atoms with Crippen molar-refractivity contribution in [2.24, 2.45) is 5.92 Å². The third-order valence-corrected chi connectivity index (χ3v) is 3.81. The fourth-order valence-electron chi connectivity index (χ4n) is 2.61. The molecule has 0 saturated heterocycles. The highest BCUT2D eigenvalue weighted by Gasteiger charge is 2.18. The predicted octanol–water partition coefficient (Wildman–Crippen LogP) is 3.46. The van der Waals surface area contributed by atoms with Crippen LogP contribution in [0.3, 0.4) is 0 Å². The van der Waals surface area contributed by atoms with Gasteiger partial charge in [-0.25, -0.2) is 9.97 Å². The maximum absolute atomic E-state index is 4.59. The van der Waals surface area contributed by atoms with E-state index < -0.39 is 0 Å². The molecule has 1 aliphatic rings. The van der Waals surface area contributed by atoms with E-state index in [0.29, 0.717) is 6.04 Å². The smallest absolute Gasteiger partial charge is 0.132 e. The lowest BCUT2D eigenvalue weighted by atomic mass is 9.87. The van der Waals surface area contributed by atoms with Gasteiger partial charge in [-0.1, -0.05) is 13.8 Å². The minimum atomic E-state index is 0.574. The van der Waals surface area contributed by atoms with E-state index in [1.807, 2.05) is 6.07 Å². The molecule has 4 nitrogen and oxygen atoms in total. The lowest BCUT2D eigenvalue weighted by Gasteiger charge is -2.27. The van der Waals surface area contributed by atoms with Crippen LogP contribution in [0.25, 0.3) is 0 Å². The monoisotopic (exact) mass is 262 g/mol. The molecule has 0 unspecified atom stereocenters. The Balaban J connectivity index is 2.04. The highest BCUT2D eigenvalue weighted by atomic mass is 15.1. The minimum Gasteiger partial charge on any atom is -0.370 e. The van der Waals surface area contributed by atoms with Gasteiger partial charge in [-0.2, -0.15) is 0 Å². The molecule has 0 atom stereocenters. The Kier molecular flexibility index (Phi) is 5.00. The molecule has 0 aliphatic heterocycles. The largest absolute Gasteiger partial charge is 0.370 e. The number of aryl methyl sites for hydroxylation is 1. The maximum atomic E-state index is 4.59. The number of anilines is 2. The van der Waals surface area contributed by atoms with Gasteiger partial charge in [0.2, 0.25) is 0 Å². The zero-order chi connectivity index (χ0) is 13.7. The van der Waals surface area contributed by atoms with E-state index in [0.717, 1.165) is 36.3 Å². The standard InChI is InChI=1S/C15H26N4/c1-4-13-18-14(16-5-2)10-15(19-13)17-12-8-6-11(3)7-9-12/h10-12H,4-9H2,1-3H3,(H2,16,17,18,19). The zero-order valence-corrected chi connectivity index (χ0v) is 12.4. The lowest BCUT2D eigenvalue weighted by molar-refractivity contribution is 0.361. The van der Waals surface area contributed by atoms with Crippen LogP contribution in [0.2, 0.25) is 0 Å². The number of nitrogens with one attached hydrogen (secondary N) is 2. The van der Waals surface area contributed by atoms with E-state index in [9.17, 15) is 0 Å². The van der Waals surface area contributed by atoms with E-state index >= 15 is 0 Å². The first-order valence-electron chi connectivity index (χ1n) is 7.59. The first kappa shape index (κ1) is 14.1. The van der Waals surface area contributed by atoms with Gasteiger partial charge in [-0.15, -0.1) is 0 Å². The van der Waals surface area contributed by atoms with Crippen LogP contribution in [0, 0.1) is 5.92 Å². The second kappa shape index (κ2) is 6.73. The van der Waals surface area contributed by atoms with E-state index in [1.54, 1.807) is 0 Å². The SMILES string of the molecule is CCNc1cc(NC2CCC(C)CC2)nc(CC)n1. The van der Waals surface area contributed by atoms with Crippen LogP contribution in [0.5, 0.6) is 0 Å². The molecule has 0 radical (unpaired) electrons. The Morgan fingerprint density at radius 2 is 1.79 bits per heavy atom. The summed E-state index contributed by atoms with van der Waals surface area (Å²) in [6.07, 6.45) is 6.02. The molecule has 0 aromatic carbocycles. The molecular weight excluding hydrogens is 236 g/mol. The van der Waals surface area contributed by atoms with Crippen molar-refractivity contribution in [2.75, 3.05) is 17.2 Å². The average molecular weight is 262 g/mol. The topological polar surface area (TPSA) is 49.8 Å². The Morgan fingerprint density at radius 3 is 2.42 bits per heavy atom. The highest BCUT2D eigenvalue weighted by Crippen LogP contribution is 2.26. The summed E-state index contributed by atoms with van der Waals surface area (Å²) in [6.45, 7) is 7.42. The van der Waals surface area contributed by atoms with Crippen molar-refractivity contribution < 1.29 is 0 Å². The second-order valence-electron chi connectivity index (χ2n) is 5.54. The third kappa shape index (κ3) is 4.08. The summed E-state index contributed by atoms with van der Waals surface area (Å²) >= 11 is 0. The van der Waals surface area contributed by atoms with Crippen molar-refractivity contribution >= 4 is 11.6 Å². The molecule has 0 bridgehead atoms. The molecule has 1 fully saturated rings. The molecule has 106 valence electrons. The van der Waals surface area contributed by atoms with Gasteiger partial charge in [-0.3, -0.25) is 0 Å². The van der Waals surface area contributed by atoms with Crippen LogP contribution in [0.4, 0.5) is 11.6 Å². The first-order valence-corrected chi connectivity index (χ1v) is 7.59. The van der Waals surface area contributed by atoms with Gasteiger partial charge < -0.3 is 10.6 Å². The van der Waals surface area contributed by atoms with Crippen molar-refractivity contribution in [3.8, 4) is 0 Å². The molecule has 1 aliphatic carbocycles. The number of nitrogens with zero attached hydrogens (tertiary/aromatic N) is 2. The van der Waals surface area contributed by atoms with Gasteiger partial charge in [0.05, 0.1) is 0 Å². The Labute approximate surface area is 116 Å². The maximum Gasteiger partial charge on any atom is 0.132 e. The van der Waals surface area contributed by atoms with Crippen LogP contribution in [0.15, 0.2) is 6.07 Å². The molecule has 0 amide bonds. The summed E-state index contributed by atoms with van der Waals surface area (Å²) in [5.74, 6) is 3.69. The fourth-order valence-corrected chi connectivity index (χ4v) is 2.61. The summed E-state index contributed by atoms with van der Waals surface area (Å²) in [7, 11) is 0. The first-order chi connectivity index (χ1) is 9.21. The van der Waals surface area contributed by atoms with Gasteiger partial charge in [0, 0.05) is 25.1 Å².